The average Bonchev–Trinajstić information content (AvgIpc) is 2.39. The van der Waals surface area contributed by atoms with Crippen LogP contribution in [0.3, 0.4) is 0 Å². The molecular formula is C14H11FN2O2. The molecule has 0 atom stereocenters. The fourth-order valence-electron chi connectivity index (χ4n) is 1.44. The summed E-state index contributed by atoms with van der Waals surface area (Å²) in [6, 6.07) is 11.6. The third-order valence-electron chi connectivity index (χ3n) is 2.36. The molecule has 2 aromatic carbocycles. The minimum absolute atomic E-state index is 0.119. The van der Waals surface area contributed by atoms with Crippen molar-refractivity contribution in [2.45, 2.75) is 0 Å². The SMILES string of the molecule is O=C(N/N=C\c1cccc(O)c1)c1ccc(F)cc1. The molecule has 96 valence electrons. The lowest BCUT2D eigenvalue weighted by Crippen LogP contribution is -2.17. The molecule has 0 aliphatic rings. The van der Waals surface area contributed by atoms with Crippen molar-refractivity contribution in [1.29, 1.82) is 0 Å². The van der Waals surface area contributed by atoms with Gasteiger partial charge in [-0.2, -0.15) is 5.10 Å². The maximum Gasteiger partial charge on any atom is 0.271 e. The maximum absolute atomic E-state index is 12.7. The molecule has 1 amide bonds. The number of nitrogens with one attached hydrogen (secondary N) is 1. The van der Waals surface area contributed by atoms with Crippen LogP contribution < -0.4 is 5.43 Å². The van der Waals surface area contributed by atoms with Crippen LogP contribution in [0.2, 0.25) is 0 Å². The summed E-state index contributed by atoms with van der Waals surface area (Å²) < 4.78 is 12.7. The molecule has 0 fully saturated rings. The number of phenolic OH excluding ortho intramolecular Hbond substituents is 1. The van der Waals surface area contributed by atoms with E-state index in [1.807, 2.05) is 0 Å². The average molecular weight is 258 g/mol. The van der Waals surface area contributed by atoms with Crippen LogP contribution in [0.5, 0.6) is 5.75 Å². The van der Waals surface area contributed by atoms with Crippen LogP contribution in [0.1, 0.15) is 15.9 Å². The molecule has 0 aromatic heterocycles. The van der Waals surface area contributed by atoms with E-state index in [4.69, 9.17) is 0 Å². The minimum atomic E-state index is -0.434. The summed E-state index contributed by atoms with van der Waals surface area (Å²) in [5.74, 6) is -0.718. The van der Waals surface area contributed by atoms with E-state index < -0.39 is 11.7 Å². The van der Waals surface area contributed by atoms with Gasteiger partial charge >= 0.3 is 0 Å². The van der Waals surface area contributed by atoms with E-state index in [0.29, 0.717) is 11.1 Å². The molecule has 0 radical (unpaired) electrons. The predicted octanol–water partition coefficient (Wildman–Crippen LogP) is 2.30. The monoisotopic (exact) mass is 258 g/mol. The number of hydrogen-bond donors (Lipinski definition) is 2. The molecule has 0 bridgehead atoms. The lowest BCUT2D eigenvalue weighted by molar-refractivity contribution is 0.0955. The summed E-state index contributed by atoms with van der Waals surface area (Å²) >= 11 is 0. The number of amides is 1. The first-order valence-electron chi connectivity index (χ1n) is 5.53. The summed E-state index contributed by atoms with van der Waals surface area (Å²) in [6.45, 7) is 0. The van der Waals surface area contributed by atoms with Gasteiger partial charge in [0.05, 0.1) is 6.21 Å². The van der Waals surface area contributed by atoms with Crippen molar-refractivity contribution < 1.29 is 14.3 Å². The Balaban J connectivity index is 1.98. The molecule has 2 rings (SSSR count). The van der Waals surface area contributed by atoms with Gasteiger partial charge in [-0.15, -0.1) is 0 Å². The molecule has 0 heterocycles. The zero-order chi connectivity index (χ0) is 13.7. The number of rotatable bonds is 3. The van der Waals surface area contributed by atoms with Gasteiger partial charge in [0.25, 0.3) is 5.91 Å². The zero-order valence-corrected chi connectivity index (χ0v) is 9.88. The number of hydrogen-bond acceptors (Lipinski definition) is 3. The molecule has 19 heavy (non-hydrogen) atoms. The van der Waals surface area contributed by atoms with E-state index in [2.05, 4.69) is 10.5 Å². The fourth-order valence-corrected chi connectivity index (χ4v) is 1.44. The second-order valence-corrected chi connectivity index (χ2v) is 3.80. The zero-order valence-electron chi connectivity index (χ0n) is 9.88. The topological polar surface area (TPSA) is 61.7 Å². The fraction of sp³-hybridized carbons (Fsp3) is 0. The van der Waals surface area contributed by atoms with Crippen molar-refractivity contribution in [3.63, 3.8) is 0 Å². The summed E-state index contributed by atoms with van der Waals surface area (Å²) in [6.07, 6.45) is 1.40. The Hall–Kier alpha value is -2.69. The molecule has 0 aliphatic heterocycles. The van der Waals surface area contributed by atoms with E-state index in [0.717, 1.165) is 0 Å². The number of nitrogens with zero attached hydrogens (tertiary/aromatic N) is 1. The van der Waals surface area contributed by atoms with Crippen molar-refractivity contribution >= 4 is 12.1 Å². The summed E-state index contributed by atoms with van der Waals surface area (Å²) in [4.78, 5) is 11.6. The Morgan fingerprint density at radius 2 is 1.95 bits per heavy atom. The normalized spacial score (nSPS) is 10.6. The molecular weight excluding hydrogens is 247 g/mol. The molecule has 2 aromatic rings. The molecule has 0 saturated carbocycles. The van der Waals surface area contributed by atoms with Gasteiger partial charge in [-0.3, -0.25) is 4.79 Å². The molecule has 0 aliphatic carbocycles. The minimum Gasteiger partial charge on any atom is -0.508 e. The van der Waals surface area contributed by atoms with Crippen LogP contribution in [0.25, 0.3) is 0 Å². The highest BCUT2D eigenvalue weighted by Gasteiger charge is 2.03. The molecule has 0 spiro atoms. The largest absolute Gasteiger partial charge is 0.508 e. The smallest absolute Gasteiger partial charge is 0.271 e. The first kappa shape index (κ1) is 12.8. The molecule has 0 unspecified atom stereocenters. The predicted molar refractivity (Wildman–Crippen MR) is 69.6 cm³/mol. The first-order chi connectivity index (χ1) is 9.15. The van der Waals surface area contributed by atoms with E-state index in [1.54, 1.807) is 12.1 Å². The van der Waals surface area contributed by atoms with Crippen LogP contribution in [0, 0.1) is 5.82 Å². The van der Waals surface area contributed by atoms with Crippen LogP contribution >= 0.6 is 0 Å². The molecule has 4 nitrogen and oxygen atoms in total. The Labute approximate surface area is 109 Å². The second kappa shape index (κ2) is 5.77. The van der Waals surface area contributed by atoms with Crippen LogP contribution in [-0.4, -0.2) is 17.2 Å². The van der Waals surface area contributed by atoms with Gasteiger partial charge in [0, 0.05) is 5.56 Å². The van der Waals surface area contributed by atoms with Crippen LogP contribution in [0.4, 0.5) is 4.39 Å². The van der Waals surface area contributed by atoms with E-state index >= 15 is 0 Å². The first-order valence-corrected chi connectivity index (χ1v) is 5.53. The second-order valence-electron chi connectivity index (χ2n) is 3.80. The Morgan fingerprint density at radius 1 is 1.21 bits per heavy atom. The third kappa shape index (κ3) is 3.64. The van der Waals surface area contributed by atoms with Gasteiger partial charge in [-0.1, -0.05) is 12.1 Å². The lowest BCUT2D eigenvalue weighted by atomic mass is 10.2. The van der Waals surface area contributed by atoms with Crippen molar-refractivity contribution in [2.75, 3.05) is 0 Å². The number of benzene rings is 2. The summed E-state index contributed by atoms with van der Waals surface area (Å²) in [7, 11) is 0. The number of hydrazone groups is 1. The third-order valence-corrected chi connectivity index (χ3v) is 2.36. The molecule has 0 saturated heterocycles. The maximum atomic E-state index is 12.7. The quantitative estimate of drug-likeness (QED) is 0.655. The van der Waals surface area contributed by atoms with Gasteiger partial charge in [0.1, 0.15) is 11.6 Å². The summed E-state index contributed by atoms with van der Waals surface area (Å²) in [5.41, 5.74) is 3.28. The van der Waals surface area contributed by atoms with Gasteiger partial charge < -0.3 is 5.11 Å². The van der Waals surface area contributed by atoms with Crippen molar-refractivity contribution in [3.8, 4) is 5.75 Å². The molecule has 5 heteroatoms. The van der Waals surface area contributed by atoms with Crippen LogP contribution in [0.15, 0.2) is 53.6 Å². The van der Waals surface area contributed by atoms with E-state index in [9.17, 15) is 14.3 Å². The number of carbonyl (C=O) groups excluding carboxylic acids is 1. The van der Waals surface area contributed by atoms with E-state index in [1.165, 1.54) is 42.6 Å². The summed E-state index contributed by atoms with van der Waals surface area (Å²) in [5, 5.41) is 13.0. The van der Waals surface area contributed by atoms with Crippen LogP contribution in [-0.2, 0) is 0 Å². The van der Waals surface area contributed by atoms with E-state index in [-0.39, 0.29) is 5.75 Å². The highest BCUT2D eigenvalue weighted by Crippen LogP contribution is 2.08. The Bertz CT molecular complexity index is 609. The highest BCUT2D eigenvalue weighted by atomic mass is 19.1. The van der Waals surface area contributed by atoms with Gasteiger partial charge in [-0.05, 0) is 42.0 Å². The molecule has 2 N–H and O–H groups in total. The van der Waals surface area contributed by atoms with Gasteiger partial charge in [0.2, 0.25) is 0 Å². The lowest BCUT2D eigenvalue weighted by Gasteiger charge is -1.99. The number of carbonyl (C=O) groups is 1. The standard InChI is InChI=1S/C14H11FN2O2/c15-12-6-4-11(5-7-12)14(19)17-16-9-10-2-1-3-13(18)8-10/h1-9,18H,(H,17,19)/b16-9-. The van der Waals surface area contributed by atoms with Crippen molar-refractivity contribution in [3.05, 3.63) is 65.5 Å². The number of halogens is 1. The number of aromatic hydroxyl groups is 1. The Kier molecular flexibility index (Phi) is 3.87. The van der Waals surface area contributed by atoms with Gasteiger partial charge in [0.15, 0.2) is 0 Å². The van der Waals surface area contributed by atoms with Crippen molar-refractivity contribution in [1.82, 2.24) is 5.43 Å². The van der Waals surface area contributed by atoms with Crippen molar-refractivity contribution in [2.24, 2.45) is 5.10 Å². The number of phenols is 1. The Morgan fingerprint density at radius 3 is 2.63 bits per heavy atom. The highest BCUT2D eigenvalue weighted by molar-refractivity contribution is 5.94. The van der Waals surface area contributed by atoms with Gasteiger partial charge in [-0.25, -0.2) is 9.82 Å².